The minimum Gasteiger partial charge on any atom is -0.330 e. The maximum atomic E-state index is 13.1. The van der Waals surface area contributed by atoms with E-state index in [1.165, 1.54) is 6.07 Å². The molecule has 1 heterocycles. The molecule has 118 valence electrons. The summed E-state index contributed by atoms with van der Waals surface area (Å²) >= 11 is 2.93. The van der Waals surface area contributed by atoms with Gasteiger partial charge in [-0.15, -0.1) is 0 Å². The van der Waals surface area contributed by atoms with Crippen molar-refractivity contribution in [2.75, 3.05) is 19.6 Å². The number of hydrogen-bond donors (Lipinski definition) is 1. The zero-order valence-corrected chi connectivity index (χ0v) is 13.3. The lowest BCUT2D eigenvalue weighted by molar-refractivity contribution is -0.140. The molecule has 0 saturated carbocycles. The number of benzene rings is 1. The van der Waals surface area contributed by atoms with Gasteiger partial charge in [-0.25, -0.2) is 8.42 Å². The highest BCUT2D eigenvalue weighted by molar-refractivity contribution is 9.10. The van der Waals surface area contributed by atoms with Crippen LogP contribution in [-0.2, 0) is 16.2 Å². The minimum absolute atomic E-state index is 0.00967. The molecule has 1 unspecified atom stereocenters. The number of nitrogens with zero attached hydrogens (tertiary/aromatic N) is 1. The molecule has 1 aliphatic heterocycles. The molecular formula is C12H14BrF3N2O2S. The van der Waals surface area contributed by atoms with Gasteiger partial charge in [-0.2, -0.15) is 17.5 Å². The van der Waals surface area contributed by atoms with Gasteiger partial charge in [0.25, 0.3) is 0 Å². The largest absolute Gasteiger partial charge is 0.417 e. The number of alkyl halides is 3. The summed E-state index contributed by atoms with van der Waals surface area (Å²) in [6.07, 6.45) is -4.17. The summed E-state index contributed by atoms with van der Waals surface area (Å²) in [5, 5.41) is 0. The number of sulfonamides is 1. The van der Waals surface area contributed by atoms with Gasteiger partial charge in [0.05, 0.1) is 10.5 Å². The molecule has 1 saturated heterocycles. The summed E-state index contributed by atoms with van der Waals surface area (Å²) < 4.78 is 65.3. The van der Waals surface area contributed by atoms with Crippen molar-refractivity contribution in [3.63, 3.8) is 0 Å². The van der Waals surface area contributed by atoms with Crippen molar-refractivity contribution in [2.24, 2.45) is 11.7 Å². The average molecular weight is 387 g/mol. The lowest BCUT2D eigenvalue weighted by Crippen LogP contribution is -2.31. The van der Waals surface area contributed by atoms with E-state index in [1.54, 1.807) is 0 Å². The number of rotatable bonds is 3. The van der Waals surface area contributed by atoms with Crippen LogP contribution in [0.2, 0.25) is 0 Å². The monoisotopic (exact) mass is 386 g/mol. The summed E-state index contributed by atoms with van der Waals surface area (Å²) in [6.45, 7) is 0.669. The van der Waals surface area contributed by atoms with Crippen LogP contribution in [0.15, 0.2) is 27.6 Å². The molecule has 1 aromatic carbocycles. The molecule has 1 aliphatic rings. The lowest BCUT2D eigenvalue weighted by atomic mass is 10.1. The highest BCUT2D eigenvalue weighted by atomic mass is 79.9. The van der Waals surface area contributed by atoms with Gasteiger partial charge < -0.3 is 5.73 Å². The molecule has 9 heteroatoms. The standard InChI is InChI=1S/C12H14BrF3N2O2S/c13-9-1-2-11(10(5-9)12(14,15)16)21(19,20)18-4-3-8(6-17)7-18/h1-2,5,8H,3-4,6-7,17H2. The van der Waals surface area contributed by atoms with Gasteiger partial charge in [0.15, 0.2) is 0 Å². The van der Waals surface area contributed by atoms with E-state index in [2.05, 4.69) is 15.9 Å². The fourth-order valence-electron chi connectivity index (χ4n) is 2.30. The van der Waals surface area contributed by atoms with E-state index < -0.39 is 26.7 Å². The fraction of sp³-hybridized carbons (Fsp3) is 0.500. The fourth-order valence-corrected chi connectivity index (χ4v) is 4.38. The van der Waals surface area contributed by atoms with Gasteiger partial charge in [0.2, 0.25) is 10.0 Å². The first-order valence-corrected chi connectivity index (χ1v) is 8.46. The molecule has 0 aromatic heterocycles. The van der Waals surface area contributed by atoms with Gasteiger partial charge >= 0.3 is 6.18 Å². The molecule has 1 aromatic rings. The molecule has 1 atom stereocenters. The van der Waals surface area contributed by atoms with Crippen molar-refractivity contribution < 1.29 is 21.6 Å². The predicted molar refractivity (Wildman–Crippen MR) is 75.1 cm³/mol. The number of halogens is 4. The highest BCUT2D eigenvalue weighted by Gasteiger charge is 2.40. The SMILES string of the molecule is NCC1CCN(S(=O)(=O)c2ccc(Br)cc2C(F)(F)F)C1. The van der Waals surface area contributed by atoms with Crippen molar-refractivity contribution >= 4 is 26.0 Å². The smallest absolute Gasteiger partial charge is 0.330 e. The van der Waals surface area contributed by atoms with Crippen LogP contribution >= 0.6 is 15.9 Å². The Kier molecular flexibility index (Phi) is 4.67. The van der Waals surface area contributed by atoms with Crippen LogP contribution in [0.1, 0.15) is 12.0 Å². The molecule has 0 bridgehead atoms. The quantitative estimate of drug-likeness (QED) is 0.867. The Morgan fingerprint density at radius 1 is 1.38 bits per heavy atom. The topological polar surface area (TPSA) is 63.4 Å². The maximum Gasteiger partial charge on any atom is 0.417 e. The van der Waals surface area contributed by atoms with E-state index >= 15 is 0 Å². The third-order valence-electron chi connectivity index (χ3n) is 3.45. The lowest BCUT2D eigenvalue weighted by Gasteiger charge is -2.20. The van der Waals surface area contributed by atoms with E-state index in [-0.39, 0.29) is 23.5 Å². The Bertz CT molecular complexity index is 634. The molecule has 0 aliphatic carbocycles. The predicted octanol–water partition coefficient (Wildman–Crippen LogP) is 2.44. The molecule has 0 spiro atoms. The van der Waals surface area contributed by atoms with Crippen LogP contribution in [0, 0.1) is 5.92 Å². The average Bonchev–Trinajstić information content (AvgIpc) is 2.86. The van der Waals surface area contributed by atoms with Crippen molar-refractivity contribution in [1.29, 1.82) is 0 Å². The summed E-state index contributed by atoms with van der Waals surface area (Å²) in [7, 11) is -4.18. The Balaban J connectivity index is 2.46. The Hall–Kier alpha value is -0.640. The highest BCUT2D eigenvalue weighted by Crippen LogP contribution is 2.37. The van der Waals surface area contributed by atoms with Crippen LogP contribution in [0.3, 0.4) is 0 Å². The van der Waals surface area contributed by atoms with Crippen LogP contribution in [0.25, 0.3) is 0 Å². The number of hydrogen-bond acceptors (Lipinski definition) is 3. The zero-order valence-electron chi connectivity index (χ0n) is 10.9. The Morgan fingerprint density at radius 3 is 2.57 bits per heavy atom. The molecule has 0 radical (unpaired) electrons. The molecule has 2 rings (SSSR count). The van der Waals surface area contributed by atoms with Gasteiger partial charge in [-0.3, -0.25) is 0 Å². The molecule has 0 amide bonds. The van der Waals surface area contributed by atoms with E-state index in [9.17, 15) is 21.6 Å². The van der Waals surface area contributed by atoms with Crippen molar-refractivity contribution in [1.82, 2.24) is 4.31 Å². The second-order valence-electron chi connectivity index (χ2n) is 4.89. The second kappa shape index (κ2) is 5.86. The number of nitrogens with two attached hydrogens (primary N) is 1. The summed E-state index contributed by atoms with van der Waals surface area (Å²) in [4.78, 5) is -0.712. The van der Waals surface area contributed by atoms with Crippen LogP contribution in [0.4, 0.5) is 13.2 Å². The van der Waals surface area contributed by atoms with Gasteiger partial charge in [0, 0.05) is 17.6 Å². The van der Waals surface area contributed by atoms with Crippen LogP contribution in [0.5, 0.6) is 0 Å². The molecular weight excluding hydrogens is 373 g/mol. The van der Waals surface area contributed by atoms with Crippen molar-refractivity contribution in [2.45, 2.75) is 17.5 Å². The van der Waals surface area contributed by atoms with Crippen LogP contribution < -0.4 is 5.73 Å². The molecule has 2 N–H and O–H groups in total. The van der Waals surface area contributed by atoms with E-state index in [0.717, 1.165) is 16.4 Å². The third kappa shape index (κ3) is 3.41. The first-order valence-electron chi connectivity index (χ1n) is 6.23. The minimum atomic E-state index is -4.74. The first kappa shape index (κ1) is 16.7. The Morgan fingerprint density at radius 2 is 2.05 bits per heavy atom. The third-order valence-corrected chi connectivity index (χ3v) is 5.86. The van der Waals surface area contributed by atoms with Crippen LogP contribution in [-0.4, -0.2) is 32.4 Å². The van der Waals surface area contributed by atoms with Crippen molar-refractivity contribution in [3.05, 3.63) is 28.2 Å². The van der Waals surface area contributed by atoms with Crippen molar-refractivity contribution in [3.8, 4) is 0 Å². The van der Waals surface area contributed by atoms with Gasteiger partial charge in [0.1, 0.15) is 0 Å². The maximum absolute atomic E-state index is 13.1. The van der Waals surface area contributed by atoms with E-state index in [0.29, 0.717) is 13.0 Å². The van der Waals surface area contributed by atoms with E-state index in [4.69, 9.17) is 5.73 Å². The summed E-state index contributed by atoms with van der Waals surface area (Å²) in [5.41, 5.74) is 4.33. The summed E-state index contributed by atoms with van der Waals surface area (Å²) in [5.74, 6) is -0.00967. The van der Waals surface area contributed by atoms with Gasteiger partial charge in [-0.1, -0.05) is 15.9 Å². The Labute approximate surface area is 129 Å². The summed E-state index contributed by atoms with van der Waals surface area (Å²) in [6, 6.07) is 3.06. The second-order valence-corrected chi connectivity index (χ2v) is 7.71. The normalized spacial score (nSPS) is 20.9. The van der Waals surface area contributed by atoms with Gasteiger partial charge in [-0.05, 0) is 37.1 Å². The van der Waals surface area contributed by atoms with E-state index in [1.807, 2.05) is 0 Å². The molecule has 21 heavy (non-hydrogen) atoms. The molecule has 1 fully saturated rings. The molecule has 4 nitrogen and oxygen atoms in total. The zero-order chi connectivity index (χ0) is 15.8. The first-order chi connectivity index (χ1) is 9.66.